The van der Waals surface area contributed by atoms with Crippen LogP contribution in [0.1, 0.15) is 19.3 Å². The maximum absolute atomic E-state index is 12.3. The number of alkyl halides is 2. The molecule has 1 aromatic carbocycles. The number of allylic oxidation sites excluding steroid dienone is 2. The smallest absolute Gasteiger partial charge is 0.387 e. The van der Waals surface area contributed by atoms with Crippen LogP contribution in [0.3, 0.4) is 0 Å². The van der Waals surface area contributed by atoms with Gasteiger partial charge in [0.25, 0.3) is 0 Å². The van der Waals surface area contributed by atoms with Crippen molar-refractivity contribution in [1.29, 1.82) is 0 Å². The number of benzene rings is 1. The molecular formula is C15H17F2NO3. The number of carbonyl (C=O) groups is 1. The first-order chi connectivity index (χ1) is 10.1. The summed E-state index contributed by atoms with van der Waals surface area (Å²) in [7, 11) is 1.36. The van der Waals surface area contributed by atoms with E-state index in [2.05, 4.69) is 10.1 Å². The highest BCUT2D eigenvalue weighted by atomic mass is 19.3. The lowest BCUT2D eigenvalue weighted by molar-refractivity contribution is -0.120. The molecule has 2 rings (SSSR count). The lowest BCUT2D eigenvalue weighted by Crippen LogP contribution is -2.23. The van der Waals surface area contributed by atoms with Crippen LogP contribution in [0.5, 0.6) is 11.5 Å². The van der Waals surface area contributed by atoms with E-state index in [-0.39, 0.29) is 23.3 Å². The zero-order valence-corrected chi connectivity index (χ0v) is 11.6. The number of anilines is 1. The van der Waals surface area contributed by atoms with E-state index in [0.717, 1.165) is 12.8 Å². The molecule has 0 radical (unpaired) electrons. The van der Waals surface area contributed by atoms with Crippen molar-refractivity contribution in [3.63, 3.8) is 0 Å². The number of rotatable bonds is 5. The lowest BCUT2D eigenvalue weighted by Gasteiger charge is -2.18. The van der Waals surface area contributed by atoms with Gasteiger partial charge in [-0.25, -0.2) is 0 Å². The molecule has 1 amide bonds. The largest absolute Gasteiger partial charge is 0.493 e. The van der Waals surface area contributed by atoms with Gasteiger partial charge < -0.3 is 14.8 Å². The van der Waals surface area contributed by atoms with Crippen LogP contribution in [-0.2, 0) is 4.79 Å². The van der Waals surface area contributed by atoms with Gasteiger partial charge in [-0.3, -0.25) is 4.79 Å². The molecular weight excluding hydrogens is 280 g/mol. The standard InChI is InChI=1S/C15H17F2NO3/c1-20-12-8-7-11(9-13(12)21-15(16)17)18-14(19)10-5-3-2-4-6-10/h2-3,7-10,15H,4-6H2,1H3,(H,18,19)/t10-/m1/s1. The van der Waals surface area contributed by atoms with E-state index in [4.69, 9.17) is 4.74 Å². The fourth-order valence-corrected chi connectivity index (χ4v) is 2.22. The maximum atomic E-state index is 12.3. The monoisotopic (exact) mass is 297 g/mol. The third-order valence-electron chi connectivity index (χ3n) is 3.29. The lowest BCUT2D eigenvalue weighted by atomic mass is 9.93. The van der Waals surface area contributed by atoms with Gasteiger partial charge in [-0.05, 0) is 31.4 Å². The Labute approximate surface area is 121 Å². The molecule has 0 saturated heterocycles. The third-order valence-corrected chi connectivity index (χ3v) is 3.29. The summed E-state index contributed by atoms with van der Waals surface area (Å²) in [6, 6.07) is 4.41. The number of methoxy groups -OCH3 is 1. The number of hydrogen-bond donors (Lipinski definition) is 1. The van der Waals surface area contributed by atoms with Gasteiger partial charge in [-0.1, -0.05) is 12.2 Å². The molecule has 1 aliphatic carbocycles. The van der Waals surface area contributed by atoms with E-state index in [9.17, 15) is 13.6 Å². The molecule has 1 atom stereocenters. The van der Waals surface area contributed by atoms with Gasteiger partial charge in [0, 0.05) is 17.7 Å². The molecule has 4 nitrogen and oxygen atoms in total. The highest BCUT2D eigenvalue weighted by molar-refractivity contribution is 5.93. The Bertz CT molecular complexity index is 532. The second-order valence-corrected chi connectivity index (χ2v) is 4.71. The van der Waals surface area contributed by atoms with E-state index in [1.54, 1.807) is 6.07 Å². The fourth-order valence-electron chi connectivity index (χ4n) is 2.22. The molecule has 1 aliphatic rings. The zero-order chi connectivity index (χ0) is 15.2. The van der Waals surface area contributed by atoms with Crippen molar-refractivity contribution >= 4 is 11.6 Å². The van der Waals surface area contributed by atoms with Crippen molar-refractivity contribution < 1.29 is 23.0 Å². The molecule has 0 saturated carbocycles. The summed E-state index contributed by atoms with van der Waals surface area (Å²) in [5.41, 5.74) is 0.408. The maximum Gasteiger partial charge on any atom is 0.387 e. The quantitative estimate of drug-likeness (QED) is 0.845. The van der Waals surface area contributed by atoms with Crippen molar-refractivity contribution in [3.05, 3.63) is 30.4 Å². The van der Waals surface area contributed by atoms with E-state index < -0.39 is 6.61 Å². The van der Waals surface area contributed by atoms with Crippen LogP contribution >= 0.6 is 0 Å². The Balaban J connectivity index is 2.09. The molecule has 1 N–H and O–H groups in total. The second kappa shape index (κ2) is 7.06. The van der Waals surface area contributed by atoms with Crippen LogP contribution in [0, 0.1) is 5.92 Å². The van der Waals surface area contributed by atoms with Crippen LogP contribution in [-0.4, -0.2) is 19.6 Å². The Hall–Kier alpha value is -2.11. The molecule has 0 aromatic heterocycles. The molecule has 0 aliphatic heterocycles. The first kappa shape index (κ1) is 15.3. The first-order valence-corrected chi connectivity index (χ1v) is 6.69. The van der Waals surface area contributed by atoms with Crippen molar-refractivity contribution in [2.45, 2.75) is 25.9 Å². The molecule has 114 valence electrons. The highest BCUT2D eigenvalue weighted by Crippen LogP contribution is 2.32. The minimum Gasteiger partial charge on any atom is -0.493 e. The van der Waals surface area contributed by atoms with Gasteiger partial charge in [0.1, 0.15) is 0 Å². The van der Waals surface area contributed by atoms with Crippen LogP contribution in [0.25, 0.3) is 0 Å². The SMILES string of the molecule is COc1ccc(NC(=O)[C@@H]2CC=CCC2)cc1OC(F)F. The molecule has 0 fully saturated rings. The summed E-state index contributed by atoms with van der Waals surface area (Å²) in [5.74, 6) is -0.119. The van der Waals surface area contributed by atoms with E-state index in [0.29, 0.717) is 12.1 Å². The summed E-state index contributed by atoms with van der Waals surface area (Å²) in [5, 5.41) is 2.72. The zero-order valence-electron chi connectivity index (χ0n) is 11.6. The molecule has 6 heteroatoms. The van der Waals surface area contributed by atoms with Crippen LogP contribution in [0.15, 0.2) is 30.4 Å². The Morgan fingerprint density at radius 1 is 1.33 bits per heavy atom. The number of amides is 1. The summed E-state index contributed by atoms with van der Waals surface area (Å²) in [6.45, 7) is -2.95. The summed E-state index contributed by atoms with van der Waals surface area (Å²) < 4.78 is 34.0. The van der Waals surface area contributed by atoms with Gasteiger partial charge >= 0.3 is 6.61 Å². The van der Waals surface area contributed by atoms with E-state index >= 15 is 0 Å². The molecule has 0 spiro atoms. The average Bonchev–Trinajstić information content (AvgIpc) is 2.48. The number of hydrogen-bond acceptors (Lipinski definition) is 3. The van der Waals surface area contributed by atoms with Crippen LogP contribution in [0.2, 0.25) is 0 Å². The minimum atomic E-state index is -2.95. The summed E-state index contributed by atoms with van der Waals surface area (Å²) in [4.78, 5) is 12.1. The minimum absolute atomic E-state index is 0.0865. The molecule has 0 heterocycles. The van der Waals surface area contributed by atoms with Gasteiger partial charge in [-0.2, -0.15) is 8.78 Å². The number of nitrogens with one attached hydrogen (secondary N) is 1. The molecule has 0 bridgehead atoms. The predicted octanol–water partition coefficient (Wildman–Crippen LogP) is 3.59. The molecule has 1 aromatic rings. The summed E-state index contributed by atoms with van der Waals surface area (Å²) >= 11 is 0. The van der Waals surface area contributed by atoms with Gasteiger partial charge in [0.05, 0.1) is 7.11 Å². The molecule has 0 unspecified atom stereocenters. The van der Waals surface area contributed by atoms with Gasteiger partial charge in [0.2, 0.25) is 5.91 Å². The van der Waals surface area contributed by atoms with Crippen molar-refractivity contribution in [2.75, 3.05) is 12.4 Å². The van der Waals surface area contributed by atoms with Crippen LogP contribution < -0.4 is 14.8 Å². The van der Waals surface area contributed by atoms with E-state index in [1.165, 1.54) is 19.2 Å². The fraction of sp³-hybridized carbons (Fsp3) is 0.400. The topological polar surface area (TPSA) is 47.6 Å². The van der Waals surface area contributed by atoms with Gasteiger partial charge in [-0.15, -0.1) is 0 Å². The Morgan fingerprint density at radius 3 is 2.76 bits per heavy atom. The second-order valence-electron chi connectivity index (χ2n) is 4.71. The number of ether oxygens (including phenoxy) is 2. The average molecular weight is 297 g/mol. The Kier molecular flexibility index (Phi) is 5.14. The number of carbonyl (C=O) groups excluding carboxylic acids is 1. The summed E-state index contributed by atoms with van der Waals surface area (Å²) in [6.07, 6.45) is 6.39. The highest BCUT2D eigenvalue weighted by Gasteiger charge is 2.19. The van der Waals surface area contributed by atoms with Gasteiger partial charge in [0.15, 0.2) is 11.5 Å². The Morgan fingerprint density at radius 2 is 2.14 bits per heavy atom. The number of halogens is 2. The predicted molar refractivity (Wildman–Crippen MR) is 74.7 cm³/mol. The normalized spacial score (nSPS) is 17.6. The van der Waals surface area contributed by atoms with E-state index in [1.807, 2.05) is 12.2 Å². The first-order valence-electron chi connectivity index (χ1n) is 6.69. The van der Waals surface area contributed by atoms with Crippen LogP contribution in [0.4, 0.5) is 14.5 Å². The van der Waals surface area contributed by atoms with Crippen molar-refractivity contribution in [1.82, 2.24) is 0 Å². The van der Waals surface area contributed by atoms with Crippen molar-refractivity contribution in [3.8, 4) is 11.5 Å². The third kappa shape index (κ3) is 4.18. The molecule has 21 heavy (non-hydrogen) atoms. The van der Waals surface area contributed by atoms with Crippen molar-refractivity contribution in [2.24, 2.45) is 5.92 Å².